The summed E-state index contributed by atoms with van der Waals surface area (Å²) in [5.74, 6) is 1.80. The van der Waals surface area contributed by atoms with Gasteiger partial charge in [0.2, 0.25) is 15.9 Å². The van der Waals surface area contributed by atoms with Crippen LogP contribution in [0.15, 0.2) is 24.3 Å². The second-order valence-electron chi connectivity index (χ2n) is 12.5. The van der Waals surface area contributed by atoms with Gasteiger partial charge in [-0.3, -0.25) is 10.1 Å². The summed E-state index contributed by atoms with van der Waals surface area (Å²) < 4.78 is 30.4. The predicted molar refractivity (Wildman–Crippen MR) is 166 cm³/mol. The van der Waals surface area contributed by atoms with Gasteiger partial charge in [0.15, 0.2) is 5.15 Å². The maximum atomic E-state index is 14.1. The molecule has 236 valence electrons. The van der Waals surface area contributed by atoms with Crippen LogP contribution in [0.1, 0.15) is 63.7 Å². The Hall–Kier alpha value is -2.67. The minimum Gasteiger partial charge on any atom is -0.453 e. The largest absolute Gasteiger partial charge is 0.453 e. The second-order valence-corrected chi connectivity index (χ2v) is 14.8. The minimum atomic E-state index is -3.21. The van der Waals surface area contributed by atoms with Crippen molar-refractivity contribution < 1.29 is 22.7 Å². The van der Waals surface area contributed by atoms with Crippen molar-refractivity contribution in [3.8, 4) is 11.3 Å². The number of hydrogen-bond donors (Lipinski definition) is 3. The van der Waals surface area contributed by atoms with Crippen molar-refractivity contribution in [2.75, 3.05) is 38.3 Å². The van der Waals surface area contributed by atoms with E-state index in [1.165, 1.54) is 13.4 Å². The summed E-state index contributed by atoms with van der Waals surface area (Å²) in [6, 6.07) is 7.07. The number of anilines is 1. The molecule has 0 spiro atoms. The number of benzene rings is 1. The maximum Gasteiger partial charge on any atom is 0.411 e. The lowest BCUT2D eigenvalue weighted by Gasteiger charge is -2.34. The standard InChI is InChI=1S/C30H43ClN6O5S/c1-18(32)19-4-6-22(7-5-19)29(38)37-17-23(20-12-14-36(15-13-20)43(3,40)41)16-25(37)28-34-26(27(31)35-28)21-8-10-24(11-9-21)33-30(39)42-2/h8-11,18-20,22-23,25H,4-7,12-17,32H2,1-3H3,(H,33,39)(H,34,35)/t18-,19?,22?,23?,25-/m0/s1. The fourth-order valence-electron chi connectivity index (χ4n) is 7.13. The van der Waals surface area contributed by atoms with E-state index in [1.807, 2.05) is 24.0 Å². The third kappa shape index (κ3) is 7.19. The van der Waals surface area contributed by atoms with Crippen molar-refractivity contribution in [2.45, 2.75) is 64.0 Å². The molecule has 1 unspecified atom stereocenters. The molecular weight excluding hydrogens is 592 g/mol. The highest BCUT2D eigenvalue weighted by Gasteiger charge is 2.44. The van der Waals surface area contributed by atoms with Gasteiger partial charge in [-0.25, -0.2) is 22.5 Å². The number of piperidine rings is 1. The Balaban J connectivity index is 1.36. The highest BCUT2D eigenvalue weighted by Crippen LogP contribution is 2.44. The zero-order valence-corrected chi connectivity index (χ0v) is 26.7. The normalized spacial score (nSPS) is 26.3. The Bertz CT molecular complexity index is 1400. The number of H-pyrrole nitrogens is 1. The number of carbonyl (C=O) groups is 2. The Morgan fingerprint density at radius 3 is 2.33 bits per heavy atom. The van der Waals surface area contributed by atoms with Crippen LogP contribution in [0.2, 0.25) is 5.15 Å². The second kappa shape index (κ2) is 13.1. The zero-order chi connectivity index (χ0) is 30.9. The molecule has 5 rings (SSSR count). The molecule has 1 aliphatic carbocycles. The molecule has 3 aliphatic rings. The number of imidazole rings is 1. The van der Waals surface area contributed by atoms with Gasteiger partial charge in [0.25, 0.3) is 0 Å². The van der Waals surface area contributed by atoms with Crippen LogP contribution in [-0.2, 0) is 19.6 Å². The van der Waals surface area contributed by atoms with E-state index in [9.17, 15) is 18.0 Å². The smallest absolute Gasteiger partial charge is 0.411 e. The van der Waals surface area contributed by atoms with Crippen molar-refractivity contribution in [3.63, 3.8) is 0 Å². The Morgan fingerprint density at radius 1 is 1.09 bits per heavy atom. The molecule has 2 amide bonds. The molecule has 2 aliphatic heterocycles. The molecule has 2 saturated heterocycles. The summed E-state index contributed by atoms with van der Waals surface area (Å²) in [7, 11) is -1.90. The summed E-state index contributed by atoms with van der Waals surface area (Å²) in [6.07, 6.45) is 6.60. The van der Waals surface area contributed by atoms with E-state index in [1.54, 1.807) is 16.4 Å². The van der Waals surface area contributed by atoms with E-state index in [4.69, 9.17) is 22.3 Å². The number of nitrogens with two attached hydrogens (primary N) is 1. The molecule has 1 aromatic heterocycles. The number of aromatic nitrogens is 2. The molecule has 1 saturated carbocycles. The number of amides is 2. The average molecular weight is 635 g/mol. The summed E-state index contributed by atoms with van der Waals surface area (Å²) in [5, 5.41) is 2.95. The fraction of sp³-hybridized carbons (Fsp3) is 0.633. The summed E-state index contributed by atoms with van der Waals surface area (Å²) in [4.78, 5) is 35.8. The number of rotatable bonds is 7. The van der Waals surface area contributed by atoms with E-state index in [2.05, 4.69) is 15.0 Å². The quantitative estimate of drug-likeness (QED) is 0.402. The molecule has 4 N–H and O–H groups in total. The van der Waals surface area contributed by atoms with Gasteiger partial charge >= 0.3 is 6.09 Å². The van der Waals surface area contributed by atoms with Crippen LogP contribution in [0, 0.1) is 23.7 Å². The van der Waals surface area contributed by atoms with Crippen molar-refractivity contribution >= 4 is 39.3 Å². The molecule has 0 radical (unpaired) electrons. The lowest BCUT2D eigenvalue weighted by molar-refractivity contribution is -0.138. The topological polar surface area (TPSA) is 151 Å². The van der Waals surface area contributed by atoms with Gasteiger partial charge in [-0.1, -0.05) is 23.7 Å². The third-order valence-electron chi connectivity index (χ3n) is 9.71. The van der Waals surface area contributed by atoms with E-state index >= 15 is 0 Å². The number of methoxy groups -OCH3 is 1. The molecule has 13 heteroatoms. The average Bonchev–Trinajstić information content (AvgIpc) is 3.61. The Kier molecular flexibility index (Phi) is 9.70. The number of hydrogen-bond acceptors (Lipinski definition) is 7. The van der Waals surface area contributed by atoms with Crippen molar-refractivity contribution in [1.82, 2.24) is 19.2 Å². The summed E-state index contributed by atoms with van der Waals surface area (Å²) in [5.41, 5.74) is 8.20. The molecule has 3 fully saturated rings. The minimum absolute atomic E-state index is 0.0388. The molecule has 11 nitrogen and oxygen atoms in total. The first-order valence-corrected chi connectivity index (χ1v) is 17.4. The van der Waals surface area contributed by atoms with E-state index < -0.39 is 16.1 Å². The van der Waals surface area contributed by atoms with Gasteiger partial charge in [-0.05, 0) is 81.8 Å². The van der Waals surface area contributed by atoms with Gasteiger partial charge in [0, 0.05) is 42.8 Å². The van der Waals surface area contributed by atoms with Crippen LogP contribution in [0.25, 0.3) is 11.3 Å². The molecule has 3 atom stereocenters. The van der Waals surface area contributed by atoms with E-state index in [-0.39, 0.29) is 29.8 Å². The number of sulfonamides is 1. The Labute approximate surface area is 258 Å². The highest BCUT2D eigenvalue weighted by molar-refractivity contribution is 7.88. The molecular formula is C30H43ClN6O5S. The number of likely N-dealkylation sites (tertiary alicyclic amines) is 1. The number of nitrogens with one attached hydrogen (secondary N) is 2. The number of carbonyl (C=O) groups excluding carboxylic acids is 2. The monoisotopic (exact) mass is 634 g/mol. The van der Waals surface area contributed by atoms with Crippen molar-refractivity contribution in [2.24, 2.45) is 29.4 Å². The van der Waals surface area contributed by atoms with Gasteiger partial charge < -0.3 is 20.4 Å². The Morgan fingerprint density at radius 2 is 1.74 bits per heavy atom. The van der Waals surface area contributed by atoms with Gasteiger partial charge in [0.1, 0.15) is 5.82 Å². The third-order valence-corrected chi connectivity index (χ3v) is 11.3. The van der Waals surface area contributed by atoms with Crippen LogP contribution >= 0.6 is 11.6 Å². The molecule has 3 heterocycles. The van der Waals surface area contributed by atoms with Crippen LogP contribution < -0.4 is 11.1 Å². The first-order valence-electron chi connectivity index (χ1n) is 15.2. The molecule has 43 heavy (non-hydrogen) atoms. The van der Waals surface area contributed by atoms with E-state index in [0.717, 1.165) is 50.5 Å². The van der Waals surface area contributed by atoms with Gasteiger partial charge in [-0.2, -0.15) is 0 Å². The molecule has 2 aromatic rings. The first-order chi connectivity index (χ1) is 20.4. The number of halogens is 1. The van der Waals surface area contributed by atoms with Gasteiger partial charge in [0.05, 0.1) is 25.1 Å². The van der Waals surface area contributed by atoms with Crippen LogP contribution in [0.3, 0.4) is 0 Å². The predicted octanol–water partition coefficient (Wildman–Crippen LogP) is 4.62. The number of nitrogens with zero attached hydrogens (tertiary/aromatic N) is 3. The van der Waals surface area contributed by atoms with Crippen molar-refractivity contribution in [1.29, 1.82) is 0 Å². The molecule has 0 bridgehead atoms. The number of ether oxygens (including phenoxy) is 1. The summed E-state index contributed by atoms with van der Waals surface area (Å²) in [6.45, 7) is 3.70. The van der Waals surface area contributed by atoms with E-state index in [0.29, 0.717) is 53.8 Å². The van der Waals surface area contributed by atoms with Crippen LogP contribution in [-0.4, -0.2) is 78.6 Å². The first kappa shape index (κ1) is 31.7. The highest BCUT2D eigenvalue weighted by atomic mass is 35.5. The lowest BCUT2D eigenvalue weighted by Crippen LogP contribution is -2.41. The SMILES string of the molecule is COC(=O)Nc1ccc(-c2[nH]c([C@@H]3CC(C4CCN(S(C)(=O)=O)CC4)CN3C(=O)C3CCC([C@H](C)N)CC3)nc2Cl)cc1. The maximum absolute atomic E-state index is 14.1. The van der Waals surface area contributed by atoms with Crippen LogP contribution in [0.5, 0.6) is 0 Å². The van der Waals surface area contributed by atoms with Crippen LogP contribution in [0.4, 0.5) is 10.5 Å². The molecule has 1 aromatic carbocycles. The number of aromatic amines is 1. The van der Waals surface area contributed by atoms with Crippen molar-refractivity contribution in [3.05, 3.63) is 35.2 Å². The summed E-state index contributed by atoms with van der Waals surface area (Å²) >= 11 is 6.66. The fourth-order valence-corrected chi connectivity index (χ4v) is 8.25. The lowest BCUT2D eigenvalue weighted by atomic mass is 9.78. The zero-order valence-electron chi connectivity index (χ0n) is 25.1. The van der Waals surface area contributed by atoms with Gasteiger partial charge in [-0.15, -0.1) is 0 Å².